The second-order valence-corrected chi connectivity index (χ2v) is 7.31. The van der Waals surface area contributed by atoms with Crippen molar-refractivity contribution in [2.24, 2.45) is 0 Å². The van der Waals surface area contributed by atoms with Gasteiger partial charge >= 0.3 is 6.09 Å². The average Bonchev–Trinajstić information content (AvgIpc) is 2.74. The van der Waals surface area contributed by atoms with E-state index in [-0.39, 0.29) is 12.0 Å². The van der Waals surface area contributed by atoms with Gasteiger partial charge in [0.2, 0.25) is 0 Å². The van der Waals surface area contributed by atoms with Gasteiger partial charge in [0.1, 0.15) is 5.82 Å². The summed E-state index contributed by atoms with van der Waals surface area (Å²) in [6, 6.07) is 11.5. The zero-order chi connectivity index (χ0) is 20.8. The molecule has 1 N–H and O–H groups in total. The minimum Gasteiger partial charge on any atom is -0.450 e. The van der Waals surface area contributed by atoms with Crippen LogP contribution < -0.4 is 10.2 Å². The van der Waals surface area contributed by atoms with E-state index in [9.17, 15) is 9.59 Å². The summed E-state index contributed by atoms with van der Waals surface area (Å²) in [5, 5.41) is 2.90. The van der Waals surface area contributed by atoms with E-state index in [1.54, 1.807) is 24.1 Å². The molecule has 0 atom stereocenters. The van der Waals surface area contributed by atoms with Crippen LogP contribution in [0.2, 0.25) is 0 Å². The highest BCUT2D eigenvalue weighted by Gasteiger charge is 2.22. The molecule has 0 saturated carbocycles. The van der Waals surface area contributed by atoms with E-state index in [4.69, 9.17) is 4.74 Å². The number of nitrogens with one attached hydrogen (secondary N) is 1. The SMILES string of the molecule is CCOC(=O)N1CCN(c2ccc(C(=O)Nc3ccc(C(C)C)cc3)cn2)CC1. The molecule has 1 saturated heterocycles. The van der Waals surface area contributed by atoms with Gasteiger partial charge in [0.15, 0.2) is 0 Å². The van der Waals surface area contributed by atoms with Crippen LogP contribution in [0.4, 0.5) is 16.3 Å². The predicted molar refractivity (Wildman–Crippen MR) is 114 cm³/mol. The van der Waals surface area contributed by atoms with Crippen molar-refractivity contribution < 1.29 is 14.3 Å². The number of anilines is 2. The third kappa shape index (κ3) is 5.25. The third-order valence-electron chi connectivity index (χ3n) is 4.97. The van der Waals surface area contributed by atoms with Crippen LogP contribution in [-0.2, 0) is 4.74 Å². The van der Waals surface area contributed by atoms with Gasteiger partial charge in [0.05, 0.1) is 12.2 Å². The maximum atomic E-state index is 12.5. The Hall–Kier alpha value is -3.09. The van der Waals surface area contributed by atoms with E-state index in [0.29, 0.717) is 44.3 Å². The van der Waals surface area contributed by atoms with Crippen LogP contribution in [0.15, 0.2) is 42.6 Å². The molecule has 0 aliphatic carbocycles. The van der Waals surface area contributed by atoms with E-state index in [1.807, 2.05) is 30.3 Å². The molecule has 2 heterocycles. The van der Waals surface area contributed by atoms with Gasteiger partial charge in [-0.15, -0.1) is 0 Å². The lowest BCUT2D eigenvalue weighted by molar-refractivity contribution is 0.102. The second-order valence-electron chi connectivity index (χ2n) is 7.31. The first kappa shape index (κ1) is 20.6. The van der Waals surface area contributed by atoms with Crippen LogP contribution in [0.5, 0.6) is 0 Å². The Kier molecular flexibility index (Phi) is 6.69. The highest BCUT2D eigenvalue weighted by Crippen LogP contribution is 2.19. The number of hydrogen-bond acceptors (Lipinski definition) is 5. The Bertz CT molecular complexity index is 826. The summed E-state index contributed by atoms with van der Waals surface area (Å²) in [6.07, 6.45) is 1.32. The number of aromatic nitrogens is 1. The fourth-order valence-electron chi connectivity index (χ4n) is 3.19. The van der Waals surface area contributed by atoms with Gasteiger partial charge in [-0.2, -0.15) is 0 Å². The molecule has 29 heavy (non-hydrogen) atoms. The van der Waals surface area contributed by atoms with Crippen LogP contribution in [0, 0.1) is 0 Å². The Labute approximate surface area is 171 Å². The molecule has 1 aliphatic heterocycles. The lowest BCUT2D eigenvalue weighted by atomic mass is 10.0. The Morgan fingerprint density at radius 1 is 1.07 bits per heavy atom. The summed E-state index contributed by atoms with van der Waals surface area (Å²) in [4.78, 5) is 32.5. The number of hydrogen-bond donors (Lipinski definition) is 1. The van der Waals surface area contributed by atoms with Crippen LogP contribution in [0.25, 0.3) is 0 Å². The number of piperazine rings is 1. The predicted octanol–water partition coefficient (Wildman–Crippen LogP) is 3.74. The molecule has 2 amide bonds. The molecule has 7 nitrogen and oxygen atoms in total. The number of benzene rings is 1. The van der Waals surface area contributed by atoms with Gasteiger partial charge in [-0.3, -0.25) is 4.79 Å². The average molecular weight is 396 g/mol. The Morgan fingerprint density at radius 3 is 2.31 bits per heavy atom. The molecular formula is C22H28N4O3. The van der Waals surface area contributed by atoms with Crippen molar-refractivity contribution in [2.75, 3.05) is 43.0 Å². The maximum absolute atomic E-state index is 12.5. The van der Waals surface area contributed by atoms with Crippen molar-refractivity contribution in [1.29, 1.82) is 0 Å². The summed E-state index contributed by atoms with van der Waals surface area (Å²) in [5.41, 5.74) is 2.50. The number of pyridine rings is 1. The third-order valence-corrected chi connectivity index (χ3v) is 4.97. The molecule has 1 aliphatic rings. The number of ether oxygens (including phenoxy) is 1. The summed E-state index contributed by atoms with van der Waals surface area (Å²) in [6.45, 7) is 9.00. The van der Waals surface area contributed by atoms with Crippen molar-refractivity contribution in [3.8, 4) is 0 Å². The standard InChI is InChI=1S/C22H28N4O3/c1-4-29-22(28)26-13-11-25(12-14-26)20-10-7-18(15-23-20)21(27)24-19-8-5-17(6-9-19)16(2)3/h5-10,15-16H,4,11-14H2,1-3H3,(H,24,27). The Morgan fingerprint density at radius 2 is 1.76 bits per heavy atom. The molecule has 0 unspecified atom stereocenters. The minimum absolute atomic E-state index is 0.187. The first-order valence-corrected chi connectivity index (χ1v) is 10.0. The van der Waals surface area contributed by atoms with Crippen LogP contribution in [0.3, 0.4) is 0 Å². The monoisotopic (exact) mass is 396 g/mol. The topological polar surface area (TPSA) is 74.8 Å². The molecule has 154 valence electrons. The molecule has 2 aromatic rings. The quantitative estimate of drug-likeness (QED) is 0.833. The molecule has 0 radical (unpaired) electrons. The van der Waals surface area contributed by atoms with Gasteiger partial charge in [-0.25, -0.2) is 9.78 Å². The minimum atomic E-state index is -0.270. The highest BCUT2D eigenvalue weighted by molar-refractivity contribution is 6.04. The van der Waals surface area contributed by atoms with Gasteiger partial charge in [0.25, 0.3) is 5.91 Å². The molecule has 0 spiro atoms. The molecule has 7 heteroatoms. The highest BCUT2D eigenvalue weighted by atomic mass is 16.6. The van der Waals surface area contributed by atoms with Crippen molar-refractivity contribution in [3.63, 3.8) is 0 Å². The summed E-state index contributed by atoms with van der Waals surface area (Å²) in [5.74, 6) is 1.07. The van der Waals surface area contributed by atoms with E-state index >= 15 is 0 Å². The van der Waals surface area contributed by atoms with E-state index in [1.165, 1.54) is 5.56 Å². The van der Waals surface area contributed by atoms with Gasteiger partial charge in [-0.1, -0.05) is 26.0 Å². The number of carbonyl (C=O) groups excluding carboxylic acids is 2. The maximum Gasteiger partial charge on any atom is 0.409 e. The fourth-order valence-corrected chi connectivity index (χ4v) is 3.19. The van der Waals surface area contributed by atoms with E-state index in [2.05, 4.69) is 29.0 Å². The van der Waals surface area contributed by atoms with E-state index in [0.717, 1.165) is 11.5 Å². The normalized spacial score (nSPS) is 14.1. The first-order valence-electron chi connectivity index (χ1n) is 10.0. The van der Waals surface area contributed by atoms with Crippen molar-refractivity contribution >= 4 is 23.5 Å². The second kappa shape index (κ2) is 9.41. The molecular weight excluding hydrogens is 368 g/mol. The lowest BCUT2D eigenvalue weighted by Crippen LogP contribution is -2.49. The first-order chi connectivity index (χ1) is 14.0. The number of carbonyl (C=O) groups is 2. The lowest BCUT2D eigenvalue weighted by Gasteiger charge is -2.34. The van der Waals surface area contributed by atoms with Gasteiger partial charge in [0, 0.05) is 38.1 Å². The molecule has 0 bridgehead atoms. The Balaban J connectivity index is 1.56. The van der Waals surface area contributed by atoms with E-state index < -0.39 is 0 Å². The summed E-state index contributed by atoms with van der Waals surface area (Å²) < 4.78 is 5.04. The number of rotatable bonds is 5. The molecule has 1 aromatic carbocycles. The van der Waals surface area contributed by atoms with Crippen molar-refractivity contribution in [3.05, 3.63) is 53.7 Å². The zero-order valence-electron chi connectivity index (χ0n) is 17.2. The van der Waals surface area contributed by atoms with Crippen molar-refractivity contribution in [2.45, 2.75) is 26.7 Å². The summed E-state index contributed by atoms with van der Waals surface area (Å²) in [7, 11) is 0. The van der Waals surface area contributed by atoms with Crippen molar-refractivity contribution in [1.82, 2.24) is 9.88 Å². The molecule has 1 aromatic heterocycles. The number of nitrogens with zero attached hydrogens (tertiary/aromatic N) is 3. The fraction of sp³-hybridized carbons (Fsp3) is 0.409. The van der Waals surface area contributed by atoms with Gasteiger partial charge < -0.3 is 19.9 Å². The van der Waals surface area contributed by atoms with Crippen LogP contribution in [-0.4, -0.2) is 54.7 Å². The number of amides is 2. The molecule has 3 rings (SSSR count). The molecule has 1 fully saturated rings. The largest absolute Gasteiger partial charge is 0.450 e. The smallest absolute Gasteiger partial charge is 0.409 e. The van der Waals surface area contributed by atoms with Crippen LogP contribution in [0.1, 0.15) is 42.6 Å². The van der Waals surface area contributed by atoms with Crippen LogP contribution >= 0.6 is 0 Å². The van der Waals surface area contributed by atoms with Gasteiger partial charge in [-0.05, 0) is 42.7 Å². The summed E-state index contributed by atoms with van der Waals surface area (Å²) >= 11 is 0. The zero-order valence-corrected chi connectivity index (χ0v) is 17.2.